The summed E-state index contributed by atoms with van der Waals surface area (Å²) in [6.45, 7) is 4.69. The van der Waals surface area contributed by atoms with Gasteiger partial charge in [0.25, 0.3) is 11.8 Å². The van der Waals surface area contributed by atoms with E-state index in [-0.39, 0.29) is 17.1 Å². The Hall–Kier alpha value is -4.14. The molecular formula is C30H27F3N2O4. The average molecular weight is 537 g/mol. The first-order valence-electron chi connectivity index (χ1n) is 12.6. The molecule has 0 aromatic heterocycles. The number of Topliss-reactive ketones (excluding diaryl/α,β-unsaturated/α-hetero) is 1. The number of hydrogen-bond donors (Lipinski definition) is 0. The molecule has 2 heterocycles. The second-order valence-corrected chi connectivity index (χ2v) is 10.2. The van der Waals surface area contributed by atoms with Gasteiger partial charge in [-0.1, -0.05) is 17.7 Å². The largest absolute Gasteiger partial charge is 0.457 e. The van der Waals surface area contributed by atoms with E-state index in [1.54, 1.807) is 34.1 Å². The SMILES string of the molecule is CC(=O)C(=O)N1CC2(CCN(C(=O)c3ccc(Oc4ccc(C(F)(F)F)cc4)cc3)CC2)c2cc(C)ccc21. The van der Waals surface area contributed by atoms with Crippen molar-refractivity contribution in [2.45, 2.75) is 38.3 Å². The molecule has 0 unspecified atom stereocenters. The fraction of sp³-hybridized carbons (Fsp3) is 0.300. The predicted molar refractivity (Wildman–Crippen MR) is 139 cm³/mol. The fourth-order valence-electron chi connectivity index (χ4n) is 5.42. The zero-order valence-electron chi connectivity index (χ0n) is 21.5. The summed E-state index contributed by atoms with van der Waals surface area (Å²) in [7, 11) is 0. The second kappa shape index (κ2) is 9.87. The molecule has 5 rings (SSSR count). The van der Waals surface area contributed by atoms with Crippen molar-refractivity contribution < 1.29 is 32.3 Å². The molecule has 0 aliphatic carbocycles. The van der Waals surface area contributed by atoms with Crippen molar-refractivity contribution >= 4 is 23.3 Å². The van der Waals surface area contributed by atoms with Crippen molar-refractivity contribution in [2.24, 2.45) is 0 Å². The van der Waals surface area contributed by atoms with Crippen molar-refractivity contribution in [3.8, 4) is 11.5 Å². The Kier molecular flexibility index (Phi) is 6.70. The smallest absolute Gasteiger partial charge is 0.416 e. The standard InChI is InChI=1S/C30H27F3N2O4/c1-19-3-12-26-25(17-19)29(18-35(26)27(37)20(2)36)13-15-34(16-14-29)28(38)21-4-8-23(9-5-21)39-24-10-6-22(7-11-24)30(31,32)33/h3-12,17H,13-16,18H2,1-2H3. The summed E-state index contributed by atoms with van der Waals surface area (Å²) in [5, 5.41) is 0. The molecule has 2 amide bonds. The summed E-state index contributed by atoms with van der Waals surface area (Å²) >= 11 is 0. The molecule has 3 aromatic rings. The van der Waals surface area contributed by atoms with Crippen LogP contribution in [0.15, 0.2) is 66.7 Å². The monoisotopic (exact) mass is 536 g/mol. The molecule has 1 fully saturated rings. The van der Waals surface area contributed by atoms with E-state index >= 15 is 0 Å². The van der Waals surface area contributed by atoms with Gasteiger partial charge in [-0.25, -0.2) is 0 Å². The van der Waals surface area contributed by atoms with Crippen LogP contribution in [0.5, 0.6) is 11.5 Å². The Morgan fingerprint density at radius 1 is 0.872 bits per heavy atom. The number of hydrogen-bond acceptors (Lipinski definition) is 4. The number of alkyl halides is 3. The average Bonchev–Trinajstić information content (AvgIpc) is 3.21. The Bertz CT molecular complexity index is 1420. The molecule has 0 saturated carbocycles. The summed E-state index contributed by atoms with van der Waals surface area (Å²) in [6.07, 6.45) is -3.10. The Morgan fingerprint density at radius 2 is 1.46 bits per heavy atom. The molecule has 0 N–H and O–H groups in total. The first-order valence-corrected chi connectivity index (χ1v) is 12.6. The molecule has 0 atom stereocenters. The summed E-state index contributed by atoms with van der Waals surface area (Å²) in [5.41, 5.74) is 2.29. The van der Waals surface area contributed by atoms with Crippen LogP contribution >= 0.6 is 0 Å². The van der Waals surface area contributed by atoms with Gasteiger partial charge in [-0.3, -0.25) is 14.4 Å². The van der Waals surface area contributed by atoms with Crippen molar-refractivity contribution in [3.63, 3.8) is 0 Å². The molecule has 0 bridgehead atoms. The molecule has 6 nitrogen and oxygen atoms in total. The third kappa shape index (κ3) is 5.13. The van der Waals surface area contributed by atoms with Crippen LogP contribution in [0.3, 0.4) is 0 Å². The fourth-order valence-corrected chi connectivity index (χ4v) is 5.42. The summed E-state index contributed by atoms with van der Waals surface area (Å²) in [5.74, 6) is -0.499. The zero-order chi connectivity index (χ0) is 27.9. The summed E-state index contributed by atoms with van der Waals surface area (Å²) < 4.78 is 43.9. The van der Waals surface area contributed by atoms with Gasteiger partial charge in [-0.05, 0) is 79.9 Å². The third-order valence-corrected chi connectivity index (χ3v) is 7.55. The lowest BCUT2D eigenvalue weighted by molar-refractivity contribution is -0.137. The highest BCUT2D eigenvalue weighted by molar-refractivity contribution is 6.40. The topological polar surface area (TPSA) is 66.9 Å². The summed E-state index contributed by atoms with van der Waals surface area (Å²) in [4.78, 5) is 41.1. The first-order chi connectivity index (χ1) is 18.5. The maximum absolute atomic E-state index is 13.2. The number of amides is 2. The van der Waals surface area contributed by atoms with Crippen molar-refractivity contribution in [2.75, 3.05) is 24.5 Å². The molecule has 0 radical (unpaired) electrons. The van der Waals surface area contributed by atoms with Crippen molar-refractivity contribution in [3.05, 3.63) is 89.0 Å². The van der Waals surface area contributed by atoms with Crippen LogP contribution in [0.1, 0.15) is 46.8 Å². The number of likely N-dealkylation sites (tertiary alicyclic amines) is 1. The quantitative estimate of drug-likeness (QED) is 0.389. The van der Waals surface area contributed by atoms with Crippen LogP contribution < -0.4 is 9.64 Å². The van der Waals surface area contributed by atoms with E-state index in [0.29, 0.717) is 43.8 Å². The van der Waals surface area contributed by atoms with E-state index in [1.165, 1.54) is 19.1 Å². The predicted octanol–water partition coefficient (Wildman–Crippen LogP) is 5.92. The van der Waals surface area contributed by atoms with Gasteiger partial charge < -0.3 is 14.5 Å². The number of halogens is 3. The van der Waals surface area contributed by atoms with Crippen LogP contribution in [0.25, 0.3) is 0 Å². The van der Waals surface area contributed by atoms with Crippen LogP contribution in [0, 0.1) is 6.92 Å². The highest BCUT2D eigenvalue weighted by atomic mass is 19.4. The van der Waals surface area contributed by atoms with Crippen molar-refractivity contribution in [1.29, 1.82) is 0 Å². The number of nitrogens with zero attached hydrogens (tertiary/aromatic N) is 2. The number of carbonyl (C=O) groups excluding carboxylic acids is 3. The third-order valence-electron chi connectivity index (χ3n) is 7.55. The Labute approximate surface area is 224 Å². The highest BCUT2D eigenvalue weighted by Crippen LogP contribution is 2.47. The minimum Gasteiger partial charge on any atom is -0.457 e. The zero-order valence-corrected chi connectivity index (χ0v) is 21.5. The number of rotatable bonds is 4. The highest BCUT2D eigenvalue weighted by Gasteiger charge is 2.47. The number of anilines is 1. The molecule has 2 aliphatic heterocycles. The molecule has 39 heavy (non-hydrogen) atoms. The van der Waals surface area contributed by atoms with Crippen LogP contribution in [-0.2, 0) is 21.2 Å². The maximum Gasteiger partial charge on any atom is 0.416 e. The molecule has 1 saturated heterocycles. The molecule has 9 heteroatoms. The van der Waals surface area contributed by atoms with E-state index in [9.17, 15) is 27.6 Å². The molecule has 202 valence electrons. The lowest BCUT2D eigenvalue weighted by Gasteiger charge is -2.40. The molecule has 3 aromatic carbocycles. The maximum atomic E-state index is 13.2. The molecule has 1 spiro atoms. The number of benzene rings is 3. The number of ether oxygens (including phenoxy) is 1. The lowest BCUT2D eigenvalue weighted by Crippen LogP contribution is -2.48. The summed E-state index contributed by atoms with van der Waals surface area (Å²) in [6, 6.07) is 16.8. The van der Waals surface area contributed by atoms with E-state index in [4.69, 9.17) is 4.74 Å². The van der Waals surface area contributed by atoms with E-state index in [1.807, 2.05) is 19.1 Å². The minimum atomic E-state index is -4.42. The van der Waals surface area contributed by atoms with Gasteiger partial charge in [0.15, 0.2) is 0 Å². The van der Waals surface area contributed by atoms with Crippen molar-refractivity contribution in [1.82, 2.24) is 4.90 Å². The van der Waals surface area contributed by atoms with Crippen LogP contribution in [0.2, 0.25) is 0 Å². The first kappa shape index (κ1) is 26.5. The van der Waals surface area contributed by atoms with E-state index in [2.05, 4.69) is 6.07 Å². The lowest BCUT2D eigenvalue weighted by atomic mass is 9.74. The van der Waals surface area contributed by atoms with Gasteiger partial charge in [0.1, 0.15) is 11.5 Å². The molecule has 2 aliphatic rings. The Balaban J connectivity index is 1.25. The number of piperidine rings is 1. The Morgan fingerprint density at radius 3 is 2.03 bits per heavy atom. The minimum absolute atomic E-state index is 0.134. The second-order valence-electron chi connectivity index (χ2n) is 10.2. The van der Waals surface area contributed by atoms with Crippen LogP contribution in [0.4, 0.5) is 18.9 Å². The van der Waals surface area contributed by atoms with Gasteiger partial charge in [-0.15, -0.1) is 0 Å². The van der Waals surface area contributed by atoms with Gasteiger partial charge in [-0.2, -0.15) is 13.2 Å². The number of carbonyl (C=O) groups is 3. The number of aryl methyl sites for hydroxylation is 1. The van der Waals surface area contributed by atoms with Gasteiger partial charge in [0.05, 0.1) is 5.56 Å². The number of ketones is 1. The van der Waals surface area contributed by atoms with Crippen LogP contribution in [-0.4, -0.2) is 42.1 Å². The van der Waals surface area contributed by atoms with Gasteiger partial charge in [0.2, 0.25) is 5.78 Å². The normalized spacial score (nSPS) is 16.2. The van der Waals surface area contributed by atoms with Gasteiger partial charge >= 0.3 is 6.18 Å². The number of fused-ring (bicyclic) bond motifs is 2. The van der Waals surface area contributed by atoms with E-state index in [0.717, 1.165) is 28.9 Å². The molecular weight excluding hydrogens is 509 g/mol. The van der Waals surface area contributed by atoms with Gasteiger partial charge in [0, 0.05) is 43.2 Å². The van der Waals surface area contributed by atoms with E-state index < -0.39 is 23.4 Å².